The van der Waals surface area contributed by atoms with E-state index in [-0.39, 0.29) is 11.9 Å². The largest absolute Gasteiger partial charge is 0.464 e. The van der Waals surface area contributed by atoms with Crippen LogP contribution < -0.4 is 0 Å². The van der Waals surface area contributed by atoms with E-state index < -0.39 is 0 Å². The van der Waals surface area contributed by atoms with Gasteiger partial charge in [0.25, 0.3) is 0 Å². The predicted octanol–water partition coefficient (Wildman–Crippen LogP) is 15.6. The number of benzene rings is 2. The predicted molar refractivity (Wildman–Crippen MR) is 248 cm³/mol. The van der Waals surface area contributed by atoms with Crippen molar-refractivity contribution >= 4 is 65.8 Å². The van der Waals surface area contributed by atoms with Gasteiger partial charge in [-0.05, 0) is 71.1 Å². The molecular weight excluding hydrogens is 757 g/mol. The molecule has 0 atom stereocenters. The monoisotopic (exact) mass is 822 g/mol. The minimum absolute atomic E-state index is 0.267. The summed E-state index contributed by atoms with van der Waals surface area (Å²) < 4.78 is 17.0. The maximum atomic E-state index is 12.8. The van der Waals surface area contributed by atoms with Gasteiger partial charge in [0.2, 0.25) is 0 Å². The molecule has 0 N–H and O–H groups in total. The Labute approximate surface area is 354 Å². The van der Waals surface area contributed by atoms with Crippen LogP contribution in [-0.2, 0) is 22.6 Å². The van der Waals surface area contributed by atoms with E-state index in [0.29, 0.717) is 11.4 Å². The molecule has 0 aliphatic heterocycles. The zero-order valence-corrected chi connectivity index (χ0v) is 37.3. The van der Waals surface area contributed by atoms with Crippen molar-refractivity contribution in [2.45, 2.75) is 155 Å². The summed E-state index contributed by atoms with van der Waals surface area (Å²) in [6, 6.07) is 22.0. The van der Waals surface area contributed by atoms with Crippen LogP contribution in [0.1, 0.15) is 163 Å². The van der Waals surface area contributed by atoms with Gasteiger partial charge in [0.1, 0.15) is 11.4 Å². The number of ether oxygens (including phenoxy) is 2. The minimum Gasteiger partial charge on any atom is -0.464 e. The molecule has 8 heteroatoms. The number of rotatable bonds is 26. The molecule has 0 bridgehead atoms. The number of nitrogens with zero attached hydrogens (tertiary/aromatic N) is 2. The molecule has 0 fully saturated rings. The highest BCUT2D eigenvalue weighted by molar-refractivity contribution is 7.22. The maximum Gasteiger partial charge on any atom is 0.354 e. The second-order valence-corrected chi connectivity index (χ2v) is 18.4. The van der Waals surface area contributed by atoms with Gasteiger partial charge in [0, 0.05) is 22.8 Å². The number of methoxy groups -OCH3 is 2. The van der Waals surface area contributed by atoms with Crippen molar-refractivity contribution in [1.29, 1.82) is 0 Å². The number of carbonyl (C=O) groups is 2. The summed E-state index contributed by atoms with van der Waals surface area (Å²) in [6.45, 7) is 6.19. The van der Waals surface area contributed by atoms with Crippen molar-refractivity contribution in [1.82, 2.24) is 9.13 Å². The smallest absolute Gasteiger partial charge is 0.354 e. The molecule has 0 unspecified atom stereocenters. The van der Waals surface area contributed by atoms with E-state index in [2.05, 4.69) is 71.5 Å². The summed E-state index contributed by atoms with van der Waals surface area (Å²) in [6.07, 6.45) is 25.7. The van der Waals surface area contributed by atoms with Crippen LogP contribution in [0.3, 0.4) is 0 Å². The molecule has 0 aliphatic rings. The van der Waals surface area contributed by atoms with Crippen LogP contribution in [0, 0.1) is 0 Å². The quantitative estimate of drug-likeness (QED) is 0.0404. The average molecular weight is 823 g/mol. The molecular formula is C50H66N2O4S2. The standard InChI is InChI=1S/C50H66N2O4S2/c1-5-7-9-11-13-15-17-19-21-23-29-51-41-33-45(57-47(41)35-43(51)49(53)55-3)39-27-25-38-32-40(28-26-37(38)31-39)46-34-42-48(58-46)36-44(50(54)56-4)52(42)30-24-22-20-18-16-14-12-10-8-6-2/h25-28,31-36H,5-24,29-30H2,1-4H3. The molecule has 6 rings (SSSR count). The molecule has 2 aromatic carbocycles. The highest BCUT2D eigenvalue weighted by Crippen LogP contribution is 2.40. The fourth-order valence-corrected chi connectivity index (χ4v) is 10.7. The lowest BCUT2D eigenvalue weighted by Crippen LogP contribution is -2.10. The summed E-state index contributed by atoms with van der Waals surface area (Å²) in [7, 11) is 2.94. The summed E-state index contributed by atoms with van der Waals surface area (Å²) in [5.74, 6) is -0.535. The van der Waals surface area contributed by atoms with Crippen molar-refractivity contribution in [2.24, 2.45) is 0 Å². The van der Waals surface area contributed by atoms with E-state index >= 15 is 0 Å². The number of carbonyl (C=O) groups excluding carboxylic acids is 2. The molecule has 6 aromatic rings. The second-order valence-electron chi connectivity index (χ2n) is 16.2. The number of unbranched alkanes of at least 4 members (excludes halogenated alkanes) is 18. The third kappa shape index (κ3) is 11.2. The molecule has 6 nitrogen and oxygen atoms in total. The van der Waals surface area contributed by atoms with E-state index in [1.807, 2.05) is 12.1 Å². The Balaban J connectivity index is 1.11. The number of aromatic nitrogens is 2. The lowest BCUT2D eigenvalue weighted by atomic mass is 10.0. The molecule has 4 heterocycles. The van der Waals surface area contributed by atoms with Crippen molar-refractivity contribution in [2.75, 3.05) is 14.2 Å². The van der Waals surface area contributed by atoms with Gasteiger partial charge in [0.05, 0.1) is 34.7 Å². The SMILES string of the molecule is CCCCCCCCCCCCn1c(C(=O)OC)cc2sc(-c3ccc4cc(-c5cc6c(cc(C(=O)OC)n6CCCCCCCCCCCC)s5)ccc4c3)cc21. The lowest BCUT2D eigenvalue weighted by molar-refractivity contribution is 0.0580. The molecule has 0 saturated heterocycles. The molecule has 0 radical (unpaired) electrons. The Kier molecular flexibility index (Phi) is 16.9. The Morgan fingerprint density at radius 2 is 0.810 bits per heavy atom. The van der Waals surface area contributed by atoms with E-state index in [0.717, 1.165) is 46.4 Å². The average Bonchev–Trinajstić information content (AvgIpc) is 4.02. The van der Waals surface area contributed by atoms with Crippen LogP contribution in [0.25, 0.3) is 52.1 Å². The van der Waals surface area contributed by atoms with Crippen LogP contribution in [0.4, 0.5) is 0 Å². The van der Waals surface area contributed by atoms with Gasteiger partial charge in [-0.15, -0.1) is 22.7 Å². The van der Waals surface area contributed by atoms with Gasteiger partial charge >= 0.3 is 11.9 Å². The molecule has 312 valence electrons. The van der Waals surface area contributed by atoms with E-state index in [9.17, 15) is 9.59 Å². The zero-order chi connectivity index (χ0) is 40.7. The summed E-state index contributed by atoms with van der Waals surface area (Å²) in [5, 5.41) is 2.39. The molecule has 0 saturated carbocycles. The Hall–Kier alpha value is -3.88. The topological polar surface area (TPSA) is 62.5 Å². The van der Waals surface area contributed by atoms with Gasteiger partial charge in [0.15, 0.2) is 0 Å². The normalized spacial score (nSPS) is 11.7. The number of esters is 2. The highest BCUT2D eigenvalue weighted by Gasteiger charge is 2.21. The summed E-state index contributed by atoms with van der Waals surface area (Å²) in [4.78, 5) is 28.0. The van der Waals surface area contributed by atoms with Gasteiger partial charge in [-0.2, -0.15) is 0 Å². The van der Waals surface area contributed by atoms with E-state index in [4.69, 9.17) is 9.47 Å². The zero-order valence-electron chi connectivity index (χ0n) is 35.7. The first-order chi connectivity index (χ1) is 28.4. The fraction of sp³-hybridized carbons (Fsp3) is 0.520. The first-order valence-electron chi connectivity index (χ1n) is 22.4. The number of aryl methyl sites for hydroxylation is 2. The molecule has 4 aromatic heterocycles. The molecule has 58 heavy (non-hydrogen) atoms. The Morgan fingerprint density at radius 3 is 1.16 bits per heavy atom. The van der Waals surface area contributed by atoms with Gasteiger partial charge in [-0.1, -0.05) is 154 Å². The van der Waals surface area contributed by atoms with Gasteiger partial charge in [-0.3, -0.25) is 0 Å². The summed E-state index contributed by atoms with van der Waals surface area (Å²) >= 11 is 3.48. The maximum absolute atomic E-state index is 12.8. The molecule has 0 spiro atoms. The first-order valence-corrected chi connectivity index (χ1v) is 24.1. The highest BCUT2D eigenvalue weighted by atomic mass is 32.1. The Bertz CT molecular complexity index is 2060. The number of hydrogen-bond acceptors (Lipinski definition) is 6. The van der Waals surface area contributed by atoms with Crippen LogP contribution in [-0.4, -0.2) is 35.3 Å². The third-order valence-electron chi connectivity index (χ3n) is 11.8. The van der Waals surface area contributed by atoms with Crippen molar-refractivity contribution in [3.8, 4) is 20.9 Å². The van der Waals surface area contributed by atoms with Gasteiger partial charge < -0.3 is 18.6 Å². The van der Waals surface area contributed by atoms with Crippen LogP contribution in [0.5, 0.6) is 0 Å². The van der Waals surface area contributed by atoms with Crippen molar-refractivity contribution in [3.05, 3.63) is 72.1 Å². The van der Waals surface area contributed by atoms with Crippen LogP contribution >= 0.6 is 22.7 Å². The minimum atomic E-state index is -0.267. The number of thiophene rings is 2. The third-order valence-corrected chi connectivity index (χ3v) is 14.1. The summed E-state index contributed by atoms with van der Waals surface area (Å²) in [5.41, 5.74) is 5.90. The molecule has 0 aliphatic carbocycles. The molecule has 0 amide bonds. The number of hydrogen-bond donors (Lipinski definition) is 0. The van der Waals surface area contributed by atoms with Crippen molar-refractivity contribution in [3.63, 3.8) is 0 Å². The lowest BCUT2D eigenvalue weighted by Gasteiger charge is -2.09. The fourth-order valence-electron chi connectivity index (χ4n) is 8.46. The van der Waals surface area contributed by atoms with Crippen LogP contribution in [0.15, 0.2) is 60.7 Å². The first kappa shape index (κ1) is 43.7. The second kappa shape index (κ2) is 22.5. The Morgan fingerprint density at radius 1 is 0.466 bits per heavy atom. The van der Waals surface area contributed by atoms with Crippen LogP contribution in [0.2, 0.25) is 0 Å². The van der Waals surface area contributed by atoms with E-state index in [1.54, 1.807) is 22.7 Å². The number of fused-ring (bicyclic) bond motifs is 3. The van der Waals surface area contributed by atoms with E-state index in [1.165, 1.54) is 161 Å². The van der Waals surface area contributed by atoms with Crippen molar-refractivity contribution < 1.29 is 19.1 Å². The van der Waals surface area contributed by atoms with Gasteiger partial charge in [-0.25, -0.2) is 9.59 Å².